The fourth-order valence-corrected chi connectivity index (χ4v) is 3.91. The van der Waals surface area contributed by atoms with E-state index in [2.05, 4.69) is 10.3 Å². The van der Waals surface area contributed by atoms with E-state index in [9.17, 15) is 18.0 Å². The second kappa shape index (κ2) is 9.68. The zero-order chi connectivity index (χ0) is 21.7. The molecule has 30 heavy (non-hydrogen) atoms. The Morgan fingerprint density at radius 1 is 1.10 bits per heavy atom. The predicted octanol–water partition coefficient (Wildman–Crippen LogP) is 2.85. The Bertz CT molecular complexity index is 742. The summed E-state index contributed by atoms with van der Waals surface area (Å²) < 4.78 is 38.8. The van der Waals surface area contributed by atoms with E-state index in [0.717, 1.165) is 30.6 Å². The van der Waals surface area contributed by atoms with Crippen LogP contribution < -0.4 is 10.2 Å². The van der Waals surface area contributed by atoms with Crippen LogP contribution in [-0.4, -0.2) is 73.7 Å². The van der Waals surface area contributed by atoms with Crippen LogP contribution in [0.5, 0.6) is 0 Å². The van der Waals surface area contributed by atoms with E-state index in [4.69, 9.17) is 0 Å². The monoisotopic (exact) mass is 425 g/mol. The smallest absolute Gasteiger partial charge is 0.352 e. The van der Waals surface area contributed by atoms with Crippen LogP contribution in [0.15, 0.2) is 29.3 Å². The number of aliphatic imine (C=N–C) groups is 1. The summed E-state index contributed by atoms with van der Waals surface area (Å²) in [5.74, 6) is 0.858. The fourth-order valence-electron chi connectivity index (χ4n) is 3.91. The summed E-state index contributed by atoms with van der Waals surface area (Å²) in [6, 6.07) is 6.46. The molecule has 0 aromatic heterocycles. The number of rotatable bonds is 4. The number of guanidine groups is 1. The first-order valence-electron chi connectivity index (χ1n) is 10.5. The zero-order valence-corrected chi connectivity index (χ0v) is 17.6. The van der Waals surface area contributed by atoms with Crippen LogP contribution in [-0.2, 0) is 11.3 Å². The number of benzene rings is 1. The molecule has 2 aliphatic rings. The minimum absolute atomic E-state index is 0.173. The maximum atomic E-state index is 12.9. The molecule has 166 valence electrons. The minimum Gasteiger partial charge on any atom is -0.352 e. The largest absolute Gasteiger partial charge is 0.403 e. The number of piperidine rings is 1. The van der Waals surface area contributed by atoms with Gasteiger partial charge in [0.1, 0.15) is 6.04 Å². The third kappa shape index (κ3) is 5.44. The number of amides is 1. The van der Waals surface area contributed by atoms with Gasteiger partial charge in [0.2, 0.25) is 5.91 Å². The van der Waals surface area contributed by atoms with Gasteiger partial charge in [-0.1, -0.05) is 12.1 Å². The molecule has 2 aliphatic heterocycles. The minimum atomic E-state index is -4.20. The van der Waals surface area contributed by atoms with Crippen molar-refractivity contribution in [3.63, 3.8) is 0 Å². The predicted molar refractivity (Wildman–Crippen MR) is 112 cm³/mol. The number of hydrogen-bond acceptors (Lipinski definition) is 3. The molecule has 3 rings (SSSR count). The SMILES string of the molecule is CN=C(NCc1ccc(N2CCCCC2=O)cc1)N1CCN(C(C)C(F)(F)F)CC1. The molecule has 1 N–H and O–H groups in total. The van der Waals surface area contributed by atoms with Crippen molar-refractivity contribution in [2.24, 2.45) is 4.99 Å². The summed E-state index contributed by atoms with van der Waals surface area (Å²) >= 11 is 0. The van der Waals surface area contributed by atoms with Gasteiger partial charge in [-0.3, -0.25) is 14.7 Å². The van der Waals surface area contributed by atoms with Crippen molar-refractivity contribution in [1.82, 2.24) is 15.1 Å². The van der Waals surface area contributed by atoms with Gasteiger partial charge in [0.05, 0.1) is 0 Å². The third-order valence-electron chi connectivity index (χ3n) is 5.87. The van der Waals surface area contributed by atoms with Crippen molar-refractivity contribution in [1.29, 1.82) is 0 Å². The van der Waals surface area contributed by atoms with Crippen LogP contribution in [0.25, 0.3) is 0 Å². The normalized spacial score (nSPS) is 20.4. The highest BCUT2D eigenvalue weighted by atomic mass is 19.4. The standard InChI is InChI=1S/C21H30F3N5O/c1-16(21(22,23)24)27-11-13-28(14-12-27)20(25-2)26-15-17-6-8-18(9-7-17)29-10-4-3-5-19(29)30/h6-9,16H,3-5,10-15H2,1-2H3,(H,25,26). The molecule has 9 heteroatoms. The number of alkyl halides is 3. The Kier molecular flexibility index (Phi) is 7.23. The maximum absolute atomic E-state index is 12.9. The Labute approximate surface area is 175 Å². The zero-order valence-electron chi connectivity index (χ0n) is 17.6. The van der Waals surface area contributed by atoms with Gasteiger partial charge in [0.25, 0.3) is 0 Å². The van der Waals surface area contributed by atoms with Crippen molar-refractivity contribution in [3.05, 3.63) is 29.8 Å². The molecule has 1 amide bonds. The second-order valence-corrected chi connectivity index (χ2v) is 7.81. The lowest BCUT2D eigenvalue weighted by atomic mass is 10.1. The van der Waals surface area contributed by atoms with Crippen molar-refractivity contribution >= 4 is 17.6 Å². The third-order valence-corrected chi connectivity index (χ3v) is 5.87. The highest BCUT2D eigenvalue weighted by molar-refractivity contribution is 5.93. The van der Waals surface area contributed by atoms with E-state index in [0.29, 0.717) is 45.1 Å². The summed E-state index contributed by atoms with van der Waals surface area (Å²) in [5.41, 5.74) is 1.97. The molecule has 2 heterocycles. The highest BCUT2D eigenvalue weighted by Crippen LogP contribution is 2.25. The van der Waals surface area contributed by atoms with Crippen LogP contribution in [0.3, 0.4) is 0 Å². The summed E-state index contributed by atoms with van der Waals surface area (Å²) in [7, 11) is 1.68. The topological polar surface area (TPSA) is 51.2 Å². The van der Waals surface area contributed by atoms with E-state index < -0.39 is 12.2 Å². The van der Waals surface area contributed by atoms with Crippen LogP contribution in [0, 0.1) is 0 Å². The quantitative estimate of drug-likeness (QED) is 0.596. The van der Waals surface area contributed by atoms with Gasteiger partial charge < -0.3 is 15.1 Å². The highest BCUT2D eigenvalue weighted by Gasteiger charge is 2.41. The molecule has 2 saturated heterocycles. The van der Waals surface area contributed by atoms with E-state index in [1.807, 2.05) is 34.1 Å². The number of piperazine rings is 1. The lowest BCUT2D eigenvalue weighted by Crippen LogP contribution is -2.56. The first-order chi connectivity index (χ1) is 14.3. The molecule has 0 bridgehead atoms. The lowest BCUT2D eigenvalue weighted by molar-refractivity contribution is -0.181. The molecule has 0 radical (unpaired) electrons. The van der Waals surface area contributed by atoms with Crippen molar-refractivity contribution in [3.8, 4) is 0 Å². The second-order valence-electron chi connectivity index (χ2n) is 7.81. The van der Waals surface area contributed by atoms with Crippen LogP contribution >= 0.6 is 0 Å². The Balaban J connectivity index is 1.51. The molecule has 1 aromatic rings. The van der Waals surface area contributed by atoms with E-state index in [1.54, 1.807) is 7.05 Å². The number of hydrogen-bond donors (Lipinski definition) is 1. The van der Waals surface area contributed by atoms with Gasteiger partial charge in [-0.05, 0) is 37.5 Å². The number of nitrogens with one attached hydrogen (secondary N) is 1. The van der Waals surface area contributed by atoms with Crippen LogP contribution in [0.4, 0.5) is 18.9 Å². The van der Waals surface area contributed by atoms with E-state index in [-0.39, 0.29) is 5.91 Å². The molecule has 1 atom stereocenters. The first kappa shape index (κ1) is 22.4. The molecule has 1 aromatic carbocycles. The fraction of sp³-hybridized carbons (Fsp3) is 0.619. The van der Waals surface area contributed by atoms with Gasteiger partial charge in [-0.25, -0.2) is 0 Å². The number of carbonyl (C=O) groups excluding carboxylic acids is 1. The molecule has 0 saturated carbocycles. The molecule has 6 nitrogen and oxygen atoms in total. The number of anilines is 1. The molecule has 0 spiro atoms. The van der Waals surface area contributed by atoms with Crippen molar-refractivity contribution in [2.75, 3.05) is 44.7 Å². The molecule has 0 aliphatic carbocycles. The molecular weight excluding hydrogens is 395 g/mol. The maximum Gasteiger partial charge on any atom is 0.403 e. The number of halogens is 3. The van der Waals surface area contributed by atoms with Gasteiger partial charge in [-0.2, -0.15) is 13.2 Å². The van der Waals surface area contributed by atoms with Crippen molar-refractivity contribution in [2.45, 2.75) is 44.9 Å². The molecular formula is C21H30F3N5O. The summed E-state index contributed by atoms with van der Waals surface area (Å²) in [4.78, 5) is 21.6. The molecule has 2 fully saturated rings. The van der Waals surface area contributed by atoms with Gasteiger partial charge in [-0.15, -0.1) is 0 Å². The Morgan fingerprint density at radius 3 is 2.33 bits per heavy atom. The first-order valence-corrected chi connectivity index (χ1v) is 10.5. The molecule has 1 unspecified atom stereocenters. The Morgan fingerprint density at radius 2 is 1.77 bits per heavy atom. The van der Waals surface area contributed by atoms with Crippen LogP contribution in [0.2, 0.25) is 0 Å². The van der Waals surface area contributed by atoms with Gasteiger partial charge >= 0.3 is 6.18 Å². The average molecular weight is 425 g/mol. The summed E-state index contributed by atoms with van der Waals surface area (Å²) in [5, 5.41) is 3.29. The lowest BCUT2D eigenvalue weighted by Gasteiger charge is -2.39. The van der Waals surface area contributed by atoms with Gasteiger partial charge in [0, 0.05) is 58.4 Å². The summed E-state index contributed by atoms with van der Waals surface area (Å²) in [6.07, 6.45) is -1.61. The Hall–Kier alpha value is -2.29. The number of nitrogens with zero attached hydrogens (tertiary/aromatic N) is 4. The van der Waals surface area contributed by atoms with Gasteiger partial charge in [0.15, 0.2) is 5.96 Å². The van der Waals surface area contributed by atoms with E-state index in [1.165, 1.54) is 11.8 Å². The summed E-state index contributed by atoms with van der Waals surface area (Å²) in [6.45, 7) is 4.22. The van der Waals surface area contributed by atoms with Crippen LogP contribution in [0.1, 0.15) is 31.7 Å². The van der Waals surface area contributed by atoms with E-state index >= 15 is 0 Å². The van der Waals surface area contributed by atoms with Crippen molar-refractivity contribution < 1.29 is 18.0 Å². The average Bonchev–Trinajstić information content (AvgIpc) is 2.74. The number of carbonyl (C=O) groups is 1.